The SMILES string of the molecule is C=C1c2ccccc2C(=O)N1c1ccc(CO)cc1. The highest BCUT2D eigenvalue weighted by Gasteiger charge is 2.31. The first kappa shape index (κ1) is 11.7. The van der Waals surface area contributed by atoms with Gasteiger partial charge in [-0.1, -0.05) is 36.9 Å². The number of benzene rings is 2. The van der Waals surface area contributed by atoms with Gasteiger partial charge in [-0.2, -0.15) is 0 Å². The zero-order valence-electron chi connectivity index (χ0n) is 10.3. The van der Waals surface area contributed by atoms with E-state index in [1.54, 1.807) is 17.0 Å². The number of carbonyl (C=O) groups is 1. The standard InChI is InChI=1S/C16H13NO2/c1-11-14-4-2-3-5-15(14)16(19)17(11)13-8-6-12(10-18)7-9-13/h2-9,18H,1,10H2. The number of rotatable bonds is 2. The van der Waals surface area contributed by atoms with Crippen molar-refractivity contribution in [1.29, 1.82) is 0 Å². The van der Waals surface area contributed by atoms with Crippen LogP contribution in [0.15, 0.2) is 55.1 Å². The molecule has 2 aromatic carbocycles. The summed E-state index contributed by atoms with van der Waals surface area (Å²) in [5, 5.41) is 9.04. The van der Waals surface area contributed by atoms with Gasteiger partial charge in [0.15, 0.2) is 0 Å². The number of anilines is 1. The number of hydrogen-bond acceptors (Lipinski definition) is 2. The van der Waals surface area contributed by atoms with Gasteiger partial charge in [0.2, 0.25) is 0 Å². The normalized spacial score (nSPS) is 13.8. The number of carbonyl (C=O) groups excluding carboxylic acids is 1. The van der Waals surface area contributed by atoms with Crippen LogP contribution in [0.4, 0.5) is 5.69 Å². The first-order chi connectivity index (χ1) is 9.22. The molecule has 3 rings (SSSR count). The highest BCUT2D eigenvalue weighted by Crippen LogP contribution is 2.35. The van der Waals surface area contributed by atoms with Crippen molar-refractivity contribution in [3.8, 4) is 0 Å². The fourth-order valence-corrected chi connectivity index (χ4v) is 2.31. The molecule has 0 saturated carbocycles. The average molecular weight is 251 g/mol. The van der Waals surface area contributed by atoms with Gasteiger partial charge >= 0.3 is 0 Å². The first-order valence-corrected chi connectivity index (χ1v) is 6.05. The highest BCUT2D eigenvalue weighted by molar-refractivity contribution is 6.21. The molecule has 94 valence electrons. The van der Waals surface area contributed by atoms with Crippen LogP contribution < -0.4 is 4.90 Å². The van der Waals surface area contributed by atoms with E-state index >= 15 is 0 Å². The molecule has 3 nitrogen and oxygen atoms in total. The van der Waals surface area contributed by atoms with Crippen LogP contribution in [0.3, 0.4) is 0 Å². The lowest BCUT2D eigenvalue weighted by Crippen LogP contribution is -2.21. The summed E-state index contributed by atoms with van der Waals surface area (Å²) in [4.78, 5) is 14.0. The second kappa shape index (κ2) is 4.37. The van der Waals surface area contributed by atoms with Crippen molar-refractivity contribution in [2.24, 2.45) is 0 Å². The maximum absolute atomic E-state index is 12.4. The number of fused-ring (bicyclic) bond motifs is 1. The summed E-state index contributed by atoms with van der Waals surface area (Å²) in [6.45, 7) is 4.00. The smallest absolute Gasteiger partial charge is 0.263 e. The Kier molecular flexibility index (Phi) is 2.69. The van der Waals surface area contributed by atoms with E-state index in [0.717, 1.165) is 16.8 Å². The molecule has 1 aliphatic heterocycles. The van der Waals surface area contributed by atoms with E-state index in [1.807, 2.05) is 36.4 Å². The van der Waals surface area contributed by atoms with Crippen molar-refractivity contribution in [1.82, 2.24) is 0 Å². The minimum Gasteiger partial charge on any atom is -0.392 e. The van der Waals surface area contributed by atoms with E-state index in [0.29, 0.717) is 11.3 Å². The van der Waals surface area contributed by atoms with Gasteiger partial charge in [0.1, 0.15) is 0 Å². The summed E-state index contributed by atoms with van der Waals surface area (Å²) < 4.78 is 0. The van der Waals surface area contributed by atoms with Gasteiger partial charge in [-0.25, -0.2) is 0 Å². The predicted octanol–water partition coefficient (Wildman–Crippen LogP) is 2.81. The molecule has 3 heteroatoms. The molecular formula is C16H13NO2. The molecule has 1 amide bonds. The molecule has 0 spiro atoms. The van der Waals surface area contributed by atoms with Gasteiger partial charge in [0.05, 0.1) is 12.3 Å². The highest BCUT2D eigenvalue weighted by atomic mass is 16.3. The van der Waals surface area contributed by atoms with Gasteiger partial charge in [0, 0.05) is 16.8 Å². The van der Waals surface area contributed by atoms with Gasteiger partial charge in [-0.05, 0) is 23.8 Å². The quantitative estimate of drug-likeness (QED) is 0.891. The summed E-state index contributed by atoms with van der Waals surface area (Å²) in [5.74, 6) is -0.0580. The number of nitrogens with zero attached hydrogens (tertiary/aromatic N) is 1. The summed E-state index contributed by atoms with van der Waals surface area (Å²) in [5.41, 5.74) is 3.83. The first-order valence-electron chi connectivity index (χ1n) is 6.05. The maximum Gasteiger partial charge on any atom is 0.263 e. The molecule has 2 aromatic rings. The zero-order valence-corrected chi connectivity index (χ0v) is 10.3. The van der Waals surface area contributed by atoms with Crippen molar-refractivity contribution in [3.05, 3.63) is 71.8 Å². The summed E-state index contributed by atoms with van der Waals surface area (Å²) in [6, 6.07) is 14.7. The number of amides is 1. The molecule has 0 unspecified atom stereocenters. The lowest BCUT2D eigenvalue weighted by Gasteiger charge is -2.17. The van der Waals surface area contributed by atoms with E-state index in [1.165, 1.54) is 0 Å². The van der Waals surface area contributed by atoms with Crippen molar-refractivity contribution >= 4 is 17.3 Å². The Morgan fingerprint density at radius 3 is 2.21 bits per heavy atom. The Hall–Kier alpha value is -2.39. The Morgan fingerprint density at radius 1 is 1.00 bits per heavy atom. The van der Waals surface area contributed by atoms with E-state index < -0.39 is 0 Å². The molecule has 0 radical (unpaired) electrons. The summed E-state index contributed by atoms with van der Waals surface area (Å²) in [6.07, 6.45) is 0. The molecule has 1 N–H and O–H groups in total. The third-order valence-electron chi connectivity index (χ3n) is 3.32. The van der Waals surface area contributed by atoms with Gasteiger partial charge in [-0.3, -0.25) is 9.69 Å². The van der Waals surface area contributed by atoms with E-state index in [4.69, 9.17) is 5.11 Å². The largest absolute Gasteiger partial charge is 0.392 e. The minimum absolute atomic E-state index is 0.00457. The predicted molar refractivity (Wildman–Crippen MR) is 74.7 cm³/mol. The molecule has 1 aliphatic rings. The Bertz CT molecular complexity index is 624. The molecule has 0 aliphatic carbocycles. The van der Waals surface area contributed by atoms with Crippen LogP contribution in [0, 0.1) is 0 Å². The minimum atomic E-state index is -0.0580. The Morgan fingerprint density at radius 2 is 1.63 bits per heavy atom. The zero-order chi connectivity index (χ0) is 13.4. The molecule has 0 aromatic heterocycles. The van der Waals surface area contributed by atoms with Crippen LogP contribution in [0.1, 0.15) is 21.5 Å². The van der Waals surface area contributed by atoms with Crippen molar-refractivity contribution in [2.45, 2.75) is 6.61 Å². The fraction of sp³-hybridized carbons (Fsp3) is 0.0625. The van der Waals surface area contributed by atoms with Crippen LogP contribution in [0.5, 0.6) is 0 Å². The Balaban J connectivity index is 2.03. The molecule has 0 fully saturated rings. The third-order valence-corrected chi connectivity index (χ3v) is 3.32. The van der Waals surface area contributed by atoms with Crippen molar-refractivity contribution in [3.63, 3.8) is 0 Å². The lowest BCUT2D eigenvalue weighted by atomic mass is 10.1. The van der Waals surface area contributed by atoms with Gasteiger partial charge in [0.25, 0.3) is 5.91 Å². The number of aliphatic hydroxyl groups excluding tert-OH is 1. The van der Waals surface area contributed by atoms with Crippen LogP contribution in [0.2, 0.25) is 0 Å². The van der Waals surface area contributed by atoms with E-state index in [2.05, 4.69) is 6.58 Å². The lowest BCUT2D eigenvalue weighted by molar-refractivity contribution is 0.101. The van der Waals surface area contributed by atoms with Gasteiger partial charge in [-0.15, -0.1) is 0 Å². The van der Waals surface area contributed by atoms with Crippen molar-refractivity contribution in [2.75, 3.05) is 4.90 Å². The molecule has 19 heavy (non-hydrogen) atoms. The molecule has 0 atom stereocenters. The van der Waals surface area contributed by atoms with Crippen LogP contribution >= 0.6 is 0 Å². The number of hydrogen-bond donors (Lipinski definition) is 1. The van der Waals surface area contributed by atoms with E-state index in [-0.39, 0.29) is 12.5 Å². The molecular weight excluding hydrogens is 238 g/mol. The van der Waals surface area contributed by atoms with Crippen LogP contribution in [-0.4, -0.2) is 11.0 Å². The van der Waals surface area contributed by atoms with Crippen molar-refractivity contribution < 1.29 is 9.90 Å². The summed E-state index contributed by atoms with van der Waals surface area (Å²) >= 11 is 0. The van der Waals surface area contributed by atoms with E-state index in [9.17, 15) is 4.79 Å². The third kappa shape index (κ3) is 1.75. The van der Waals surface area contributed by atoms with Gasteiger partial charge < -0.3 is 5.11 Å². The average Bonchev–Trinajstić information content (AvgIpc) is 2.72. The molecule has 0 bridgehead atoms. The van der Waals surface area contributed by atoms with Crippen LogP contribution in [-0.2, 0) is 6.61 Å². The Labute approximate surface area is 111 Å². The molecule has 0 saturated heterocycles. The molecule has 1 heterocycles. The fourth-order valence-electron chi connectivity index (χ4n) is 2.31. The second-order valence-corrected chi connectivity index (χ2v) is 4.46. The topological polar surface area (TPSA) is 40.5 Å². The monoisotopic (exact) mass is 251 g/mol. The number of aliphatic hydroxyl groups is 1. The van der Waals surface area contributed by atoms with Crippen LogP contribution in [0.25, 0.3) is 5.70 Å². The maximum atomic E-state index is 12.4. The second-order valence-electron chi connectivity index (χ2n) is 4.46. The summed E-state index contributed by atoms with van der Waals surface area (Å²) in [7, 11) is 0.